The van der Waals surface area contributed by atoms with E-state index in [1.807, 2.05) is 68.8 Å². The Kier molecular flexibility index (Phi) is 4.43. The number of hydrogen-bond donors (Lipinski definition) is 0. The quantitative estimate of drug-likeness (QED) is 0.407. The molecule has 0 radical (unpaired) electrons. The summed E-state index contributed by atoms with van der Waals surface area (Å²) in [6, 6.07) is 14.1. The molecule has 31 heavy (non-hydrogen) atoms. The molecule has 6 heteroatoms. The molecule has 5 heterocycles. The fourth-order valence-electron chi connectivity index (χ4n) is 4.35. The molecule has 0 fully saturated rings. The topological polar surface area (TPSA) is 69.6 Å². The maximum absolute atomic E-state index is 5.40. The predicted molar refractivity (Wildman–Crippen MR) is 120 cm³/mol. The van der Waals surface area contributed by atoms with Gasteiger partial charge in [0.2, 0.25) is 0 Å². The first-order valence-electron chi connectivity index (χ1n) is 10.2. The lowest BCUT2D eigenvalue weighted by molar-refractivity contribution is 0.393. The van der Waals surface area contributed by atoms with Crippen molar-refractivity contribution in [2.75, 3.05) is 0 Å². The van der Waals surface area contributed by atoms with E-state index in [1.165, 1.54) is 0 Å². The van der Waals surface area contributed by atoms with Gasteiger partial charge in [-0.2, -0.15) is 0 Å². The smallest absolute Gasteiger partial charge is 0.141 e. The maximum Gasteiger partial charge on any atom is 0.141 e. The largest absolute Gasteiger partial charge is 0.361 e. The highest BCUT2D eigenvalue weighted by Crippen LogP contribution is 2.37. The zero-order valence-electron chi connectivity index (χ0n) is 18.0. The van der Waals surface area contributed by atoms with E-state index in [0.29, 0.717) is 0 Å². The Morgan fingerprint density at radius 3 is 2.13 bits per heavy atom. The van der Waals surface area contributed by atoms with Gasteiger partial charge in [0.05, 0.1) is 28.1 Å². The second-order valence-electron chi connectivity index (χ2n) is 7.98. The van der Waals surface area contributed by atoms with Gasteiger partial charge in [0, 0.05) is 35.9 Å². The molecule has 0 bridgehead atoms. The molecule has 0 aliphatic carbocycles. The molecule has 154 valence electrons. The zero-order chi connectivity index (χ0) is 21.6. The van der Waals surface area contributed by atoms with Gasteiger partial charge >= 0.3 is 0 Å². The van der Waals surface area contributed by atoms with Crippen LogP contribution in [0.5, 0.6) is 0 Å². The molecular weight excluding hydrogens is 386 g/mol. The Balaban J connectivity index is 1.82. The predicted octanol–water partition coefficient (Wildman–Crippen LogP) is 5.22. The summed E-state index contributed by atoms with van der Waals surface area (Å²) in [6.07, 6.45) is 7.68. The molecule has 0 saturated heterocycles. The number of rotatable bonds is 4. The molecule has 0 unspecified atom stereocenters. The van der Waals surface area contributed by atoms with Crippen molar-refractivity contribution < 1.29 is 4.52 Å². The maximum atomic E-state index is 5.40. The van der Waals surface area contributed by atoms with Crippen molar-refractivity contribution in [3.05, 3.63) is 95.7 Å². The molecule has 0 saturated carbocycles. The third-order valence-corrected chi connectivity index (χ3v) is 5.95. The van der Waals surface area contributed by atoms with Crippen LogP contribution in [0.25, 0.3) is 22.2 Å². The normalized spacial score (nSPS) is 11.9. The summed E-state index contributed by atoms with van der Waals surface area (Å²) < 4.78 is 7.63. The van der Waals surface area contributed by atoms with Crippen molar-refractivity contribution in [3.8, 4) is 11.1 Å². The molecule has 0 spiro atoms. The highest BCUT2D eigenvalue weighted by Gasteiger charge is 2.35. The van der Waals surface area contributed by atoms with E-state index in [0.717, 1.165) is 50.6 Å². The molecular formula is C25H23N5O. The third-order valence-electron chi connectivity index (χ3n) is 5.95. The van der Waals surface area contributed by atoms with Gasteiger partial charge in [-0.1, -0.05) is 17.3 Å². The monoisotopic (exact) mass is 409 g/mol. The van der Waals surface area contributed by atoms with Crippen LogP contribution in [0.2, 0.25) is 0 Å². The average Bonchev–Trinajstić information content (AvgIpc) is 3.32. The standard InChI is InChI=1S/C25H23N5O/c1-16-15-30(20-13-19(14-28-24(16)20)23-17(2)29-31-18(23)3)25(4,21-9-5-7-11-26-21)22-10-6-8-12-27-22/h5-15H,1-4H3. The van der Waals surface area contributed by atoms with E-state index >= 15 is 0 Å². The van der Waals surface area contributed by atoms with Crippen molar-refractivity contribution in [2.45, 2.75) is 33.2 Å². The molecule has 0 aliphatic heterocycles. The minimum Gasteiger partial charge on any atom is -0.361 e. The van der Waals surface area contributed by atoms with Crippen LogP contribution in [-0.2, 0) is 5.54 Å². The van der Waals surface area contributed by atoms with E-state index in [1.54, 1.807) is 0 Å². The minimum atomic E-state index is -0.617. The molecule has 0 aliphatic rings. The third kappa shape index (κ3) is 2.94. The summed E-state index contributed by atoms with van der Waals surface area (Å²) in [5.41, 5.74) is 7.08. The van der Waals surface area contributed by atoms with Crippen LogP contribution in [0.1, 0.15) is 35.3 Å². The van der Waals surface area contributed by atoms with Gasteiger partial charge in [-0.3, -0.25) is 15.0 Å². The fourth-order valence-corrected chi connectivity index (χ4v) is 4.35. The lowest BCUT2D eigenvalue weighted by Gasteiger charge is -2.31. The first-order valence-corrected chi connectivity index (χ1v) is 10.2. The lowest BCUT2D eigenvalue weighted by Crippen LogP contribution is -2.34. The summed E-state index contributed by atoms with van der Waals surface area (Å²) >= 11 is 0. The van der Waals surface area contributed by atoms with E-state index in [9.17, 15) is 0 Å². The Morgan fingerprint density at radius 1 is 0.903 bits per heavy atom. The number of nitrogens with zero attached hydrogens (tertiary/aromatic N) is 5. The van der Waals surface area contributed by atoms with Crippen molar-refractivity contribution in [1.29, 1.82) is 0 Å². The molecule has 6 nitrogen and oxygen atoms in total. The second-order valence-corrected chi connectivity index (χ2v) is 7.98. The molecule has 0 N–H and O–H groups in total. The van der Waals surface area contributed by atoms with Crippen LogP contribution >= 0.6 is 0 Å². The van der Waals surface area contributed by atoms with Gasteiger partial charge < -0.3 is 9.09 Å². The van der Waals surface area contributed by atoms with Crippen LogP contribution in [0.4, 0.5) is 0 Å². The molecule has 0 amide bonds. The summed E-state index contributed by atoms with van der Waals surface area (Å²) in [5.74, 6) is 0.783. The van der Waals surface area contributed by atoms with Gasteiger partial charge in [-0.05, 0) is 63.6 Å². The van der Waals surface area contributed by atoms with E-state index in [2.05, 4.69) is 35.8 Å². The van der Waals surface area contributed by atoms with Crippen molar-refractivity contribution in [2.24, 2.45) is 0 Å². The van der Waals surface area contributed by atoms with Crippen LogP contribution in [0, 0.1) is 20.8 Å². The van der Waals surface area contributed by atoms with Crippen LogP contribution < -0.4 is 0 Å². The summed E-state index contributed by atoms with van der Waals surface area (Å²) in [4.78, 5) is 14.2. The second kappa shape index (κ2) is 7.16. The number of aromatic nitrogens is 5. The van der Waals surface area contributed by atoms with E-state index in [4.69, 9.17) is 19.5 Å². The average molecular weight is 409 g/mol. The highest BCUT2D eigenvalue weighted by molar-refractivity contribution is 5.85. The molecule has 0 aromatic carbocycles. The Bertz CT molecular complexity index is 1310. The molecule has 5 rings (SSSR count). The van der Waals surface area contributed by atoms with E-state index < -0.39 is 5.54 Å². The highest BCUT2D eigenvalue weighted by atomic mass is 16.5. The minimum absolute atomic E-state index is 0.617. The van der Waals surface area contributed by atoms with Crippen molar-refractivity contribution in [1.82, 2.24) is 24.7 Å². The zero-order valence-corrected chi connectivity index (χ0v) is 18.0. The van der Waals surface area contributed by atoms with Gasteiger partial charge in [0.15, 0.2) is 0 Å². The van der Waals surface area contributed by atoms with Crippen LogP contribution in [0.15, 0.2) is 71.8 Å². The number of fused-ring (bicyclic) bond motifs is 1. The van der Waals surface area contributed by atoms with Crippen LogP contribution in [-0.4, -0.2) is 24.7 Å². The number of aryl methyl sites for hydroxylation is 3. The van der Waals surface area contributed by atoms with Crippen LogP contribution in [0.3, 0.4) is 0 Å². The molecule has 5 aromatic heterocycles. The summed E-state index contributed by atoms with van der Waals surface area (Å²) in [7, 11) is 0. The first-order chi connectivity index (χ1) is 15.0. The Hall–Kier alpha value is -3.80. The SMILES string of the molecule is Cc1noc(C)c1-c1cnc2c(C)cn(C(C)(c3ccccn3)c3ccccn3)c2c1. The molecule has 5 aromatic rings. The Morgan fingerprint density at radius 2 is 1.58 bits per heavy atom. The van der Waals surface area contributed by atoms with Gasteiger partial charge in [-0.25, -0.2) is 0 Å². The van der Waals surface area contributed by atoms with Crippen molar-refractivity contribution >= 4 is 11.0 Å². The van der Waals surface area contributed by atoms with Gasteiger partial charge in [0.25, 0.3) is 0 Å². The lowest BCUT2D eigenvalue weighted by atomic mass is 9.91. The summed E-state index contributed by atoms with van der Waals surface area (Å²) in [5, 5.41) is 4.11. The molecule has 0 atom stereocenters. The van der Waals surface area contributed by atoms with E-state index in [-0.39, 0.29) is 0 Å². The number of hydrogen-bond acceptors (Lipinski definition) is 5. The summed E-state index contributed by atoms with van der Waals surface area (Å²) in [6.45, 7) is 8.11. The first kappa shape index (κ1) is 19.2. The fraction of sp³-hybridized carbons (Fsp3) is 0.200. The van der Waals surface area contributed by atoms with Gasteiger partial charge in [0.1, 0.15) is 11.3 Å². The number of pyridine rings is 3. The van der Waals surface area contributed by atoms with Gasteiger partial charge in [-0.15, -0.1) is 0 Å². The van der Waals surface area contributed by atoms with Crippen molar-refractivity contribution in [3.63, 3.8) is 0 Å². The Labute approximate surface area is 180 Å².